The maximum absolute atomic E-state index is 13.0. The first-order chi connectivity index (χ1) is 11.7. The summed E-state index contributed by atoms with van der Waals surface area (Å²) in [6, 6.07) is 8.59. The quantitative estimate of drug-likeness (QED) is 0.859. The summed E-state index contributed by atoms with van der Waals surface area (Å²) in [6.45, 7) is 1.50. The van der Waals surface area contributed by atoms with E-state index in [0.717, 1.165) is 43.1 Å². The van der Waals surface area contributed by atoms with E-state index in [1.807, 2.05) is 12.3 Å². The fourth-order valence-electron chi connectivity index (χ4n) is 3.44. The molecule has 3 heterocycles. The molecule has 0 amide bonds. The molecule has 4 rings (SSSR count). The molecule has 0 bridgehead atoms. The van der Waals surface area contributed by atoms with Crippen molar-refractivity contribution in [1.29, 1.82) is 0 Å². The van der Waals surface area contributed by atoms with E-state index in [9.17, 15) is 9.18 Å². The van der Waals surface area contributed by atoms with E-state index in [1.165, 1.54) is 12.1 Å². The van der Waals surface area contributed by atoms with Gasteiger partial charge < -0.3 is 9.30 Å². The molecule has 0 N–H and O–H groups in total. The van der Waals surface area contributed by atoms with Crippen molar-refractivity contribution < 1.29 is 13.9 Å². The smallest absolute Gasteiger partial charge is 0.172 e. The minimum atomic E-state index is -0.254. The third kappa shape index (κ3) is 2.91. The summed E-state index contributed by atoms with van der Waals surface area (Å²) in [4.78, 5) is 17.2. The monoisotopic (exact) mass is 326 g/mol. The number of aliphatic imine (C=N–C) groups is 1. The average molecular weight is 326 g/mol. The Bertz CT molecular complexity index is 786. The maximum Gasteiger partial charge on any atom is 0.172 e. The van der Waals surface area contributed by atoms with Crippen molar-refractivity contribution in [2.24, 2.45) is 4.99 Å². The molecule has 1 saturated heterocycles. The summed E-state index contributed by atoms with van der Waals surface area (Å²) < 4.78 is 20.6. The van der Waals surface area contributed by atoms with Crippen LogP contribution in [0.25, 0.3) is 0 Å². The highest BCUT2D eigenvalue weighted by Gasteiger charge is 2.26. The number of ketones is 1. The van der Waals surface area contributed by atoms with Crippen LogP contribution in [-0.2, 0) is 11.2 Å². The van der Waals surface area contributed by atoms with Crippen LogP contribution in [0.15, 0.2) is 41.5 Å². The largest absolute Gasteiger partial charge is 0.381 e. The molecule has 0 radical (unpaired) electrons. The zero-order valence-electron chi connectivity index (χ0n) is 13.4. The van der Waals surface area contributed by atoms with Gasteiger partial charge in [0.2, 0.25) is 0 Å². The van der Waals surface area contributed by atoms with Crippen molar-refractivity contribution in [3.05, 3.63) is 53.5 Å². The molecule has 2 aliphatic heterocycles. The summed E-state index contributed by atoms with van der Waals surface area (Å²) in [7, 11) is 0. The van der Waals surface area contributed by atoms with E-state index in [4.69, 9.17) is 9.73 Å². The number of hydrogen-bond acceptors (Lipinski definition) is 3. The Hall–Kier alpha value is -2.27. The first kappa shape index (κ1) is 15.3. The topological polar surface area (TPSA) is 43.6 Å². The molecular formula is C19H19FN2O2. The molecule has 0 unspecified atom stereocenters. The highest BCUT2D eigenvalue weighted by Crippen LogP contribution is 2.34. The summed E-state index contributed by atoms with van der Waals surface area (Å²) in [6.07, 6.45) is 4.77. The average Bonchev–Trinajstić information content (AvgIpc) is 3.02. The van der Waals surface area contributed by atoms with Crippen molar-refractivity contribution in [2.45, 2.75) is 31.7 Å². The van der Waals surface area contributed by atoms with Crippen LogP contribution in [0.4, 0.5) is 10.2 Å². The van der Waals surface area contributed by atoms with Crippen LogP contribution in [0.2, 0.25) is 0 Å². The number of ether oxygens (including phenoxy) is 1. The molecule has 124 valence electrons. The molecule has 2 aliphatic rings. The molecule has 5 heteroatoms. The van der Waals surface area contributed by atoms with Gasteiger partial charge in [-0.25, -0.2) is 9.38 Å². The number of rotatable bonds is 3. The molecular weight excluding hydrogens is 307 g/mol. The van der Waals surface area contributed by atoms with Crippen molar-refractivity contribution in [3.8, 4) is 0 Å². The van der Waals surface area contributed by atoms with Gasteiger partial charge in [0.1, 0.15) is 11.6 Å². The normalized spacial score (nSPS) is 18.4. The Morgan fingerprint density at radius 2 is 1.92 bits per heavy atom. The molecule has 4 nitrogen and oxygen atoms in total. The van der Waals surface area contributed by atoms with Crippen LogP contribution in [0.5, 0.6) is 0 Å². The number of carbonyl (C=O) groups is 1. The molecule has 1 aromatic heterocycles. The van der Waals surface area contributed by atoms with E-state index in [-0.39, 0.29) is 11.6 Å². The molecule has 0 saturated carbocycles. The first-order valence-electron chi connectivity index (χ1n) is 8.33. The van der Waals surface area contributed by atoms with Gasteiger partial charge in [0.25, 0.3) is 0 Å². The predicted octanol–water partition coefficient (Wildman–Crippen LogP) is 3.88. The third-order valence-electron chi connectivity index (χ3n) is 4.72. The number of fused-ring (bicyclic) bond motifs is 1. The fraction of sp³-hybridized carbons (Fsp3) is 0.368. The molecule has 0 atom stereocenters. The SMILES string of the molecule is O=C1CC(Cc2ccc(F)cc2)=Nc2c1ccn2C1CCOCC1. The van der Waals surface area contributed by atoms with Gasteiger partial charge >= 0.3 is 0 Å². The van der Waals surface area contributed by atoms with Gasteiger partial charge in [0.15, 0.2) is 5.78 Å². The van der Waals surface area contributed by atoms with Crippen molar-refractivity contribution >= 4 is 17.3 Å². The van der Waals surface area contributed by atoms with Crippen molar-refractivity contribution in [3.63, 3.8) is 0 Å². The predicted molar refractivity (Wildman–Crippen MR) is 89.7 cm³/mol. The van der Waals surface area contributed by atoms with Crippen molar-refractivity contribution in [1.82, 2.24) is 4.57 Å². The maximum atomic E-state index is 13.0. The number of halogens is 1. The third-order valence-corrected chi connectivity index (χ3v) is 4.72. The zero-order valence-corrected chi connectivity index (χ0v) is 13.4. The Morgan fingerprint density at radius 3 is 2.67 bits per heavy atom. The van der Waals surface area contributed by atoms with E-state index < -0.39 is 0 Å². The van der Waals surface area contributed by atoms with Crippen LogP contribution < -0.4 is 0 Å². The van der Waals surface area contributed by atoms with Gasteiger partial charge in [-0.05, 0) is 36.6 Å². The van der Waals surface area contributed by atoms with Crippen LogP contribution >= 0.6 is 0 Å². The lowest BCUT2D eigenvalue weighted by Crippen LogP contribution is -2.21. The van der Waals surface area contributed by atoms with Gasteiger partial charge in [-0.2, -0.15) is 0 Å². The second kappa shape index (κ2) is 6.32. The fourth-order valence-corrected chi connectivity index (χ4v) is 3.44. The van der Waals surface area contributed by atoms with E-state index >= 15 is 0 Å². The minimum Gasteiger partial charge on any atom is -0.381 e. The van der Waals surface area contributed by atoms with Gasteiger partial charge in [-0.1, -0.05) is 12.1 Å². The first-order valence-corrected chi connectivity index (χ1v) is 8.33. The molecule has 1 fully saturated rings. The summed E-state index contributed by atoms with van der Waals surface area (Å²) in [5.74, 6) is 0.634. The number of nitrogens with zero attached hydrogens (tertiary/aromatic N) is 2. The van der Waals surface area contributed by atoms with E-state index in [0.29, 0.717) is 24.4 Å². The van der Waals surface area contributed by atoms with Gasteiger partial charge in [0.05, 0.1) is 12.0 Å². The summed E-state index contributed by atoms with van der Waals surface area (Å²) in [5, 5.41) is 0. The van der Waals surface area contributed by atoms with E-state index in [1.54, 1.807) is 12.1 Å². The lowest BCUT2D eigenvalue weighted by atomic mass is 9.99. The highest BCUT2D eigenvalue weighted by molar-refractivity contribution is 6.15. The Labute approximate surface area is 140 Å². The Balaban J connectivity index is 1.63. The second-order valence-electron chi connectivity index (χ2n) is 6.39. The minimum absolute atomic E-state index is 0.114. The van der Waals surface area contributed by atoms with E-state index in [2.05, 4.69) is 4.57 Å². The number of aromatic nitrogens is 1. The number of benzene rings is 1. The zero-order chi connectivity index (χ0) is 16.5. The molecule has 0 aliphatic carbocycles. The van der Waals surface area contributed by atoms with Gasteiger partial charge in [-0.15, -0.1) is 0 Å². The van der Waals surface area contributed by atoms with Gasteiger partial charge in [-0.3, -0.25) is 4.79 Å². The molecule has 24 heavy (non-hydrogen) atoms. The van der Waals surface area contributed by atoms with Crippen LogP contribution in [0, 0.1) is 5.82 Å². The summed E-state index contributed by atoms with van der Waals surface area (Å²) in [5.41, 5.74) is 2.52. The molecule has 2 aromatic rings. The lowest BCUT2D eigenvalue weighted by Gasteiger charge is -2.25. The summed E-state index contributed by atoms with van der Waals surface area (Å²) >= 11 is 0. The number of hydrogen-bond donors (Lipinski definition) is 0. The number of carbonyl (C=O) groups excluding carboxylic acids is 1. The van der Waals surface area contributed by atoms with Crippen LogP contribution in [-0.4, -0.2) is 29.3 Å². The molecule has 1 aromatic carbocycles. The second-order valence-corrected chi connectivity index (χ2v) is 6.39. The Kier molecular flexibility index (Phi) is 4.02. The van der Waals surface area contributed by atoms with Crippen molar-refractivity contribution in [2.75, 3.05) is 13.2 Å². The van der Waals surface area contributed by atoms with Gasteiger partial charge in [0, 0.05) is 37.6 Å². The van der Waals surface area contributed by atoms with Crippen LogP contribution in [0.3, 0.4) is 0 Å². The standard InChI is InChI=1S/C19H19FN2O2/c20-14-3-1-13(2-4-14)11-15-12-18(23)17-5-8-22(19(17)21-15)16-6-9-24-10-7-16/h1-5,8,16H,6-7,9-12H2. The molecule has 0 spiro atoms. The lowest BCUT2D eigenvalue weighted by molar-refractivity contribution is 0.0701. The number of Topliss-reactive ketones (excluding diaryl/α,β-unsaturated/α-hetero) is 1. The Morgan fingerprint density at radius 1 is 1.17 bits per heavy atom. The van der Waals surface area contributed by atoms with Crippen LogP contribution in [0.1, 0.15) is 41.2 Å². The highest BCUT2D eigenvalue weighted by atomic mass is 19.1.